The monoisotopic (exact) mass is 317 g/mol. The molecule has 1 aromatic carbocycles. The number of carbonyl (C=O) groups excluding carboxylic acids is 1. The second kappa shape index (κ2) is 7.48. The van der Waals surface area contributed by atoms with Gasteiger partial charge in [0.25, 0.3) is 5.91 Å². The molecule has 0 bridgehead atoms. The SMILES string of the molecule is C/C=C/CC(NC(=O)c1ccccc1OC(F)(F)F)C(=O)O. The van der Waals surface area contributed by atoms with E-state index >= 15 is 0 Å². The van der Waals surface area contributed by atoms with Gasteiger partial charge in [0.1, 0.15) is 11.8 Å². The molecule has 0 aromatic heterocycles. The first-order valence-electron chi connectivity index (χ1n) is 6.24. The van der Waals surface area contributed by atoms with Crippen LogP contribution in [0, 0.1) is 0 Å². The van der Waals surface area contributed by atoms with Gasteiger partial charge in [-0.25, -0.2) is 4.79 Å². The lowest BCUT2D eigenvalue weighted by molar-refractivity contribution is -0.274. The van der Waals surface area contributed by atoms with Crippen LogP contribution in [0.15, 0.2) is 36.4 Å². The Bertz CT molecular complexity index is 569. The molecule has 1 unspecified atom stereocenters. The van der Waals surface area contributed by atoms with Crippen LogP contribution in [0.2, 0.25) is 0 Å². The van der Waals surface area contributed by atoms with E-state index in [2.05, 4.69) is 10.1 Å². The Hall–Kier alpha value is -2.51. The molecule has 0 heterocycles. The van der Waals surface area contributed by atoms with Crippen molar-refractivity contribution < 1.29 is 32.6 Å². The van der Waals surface area contributed by atoms with E-state index in [1.165, 1.54) is 18.2 Å². The number of alkyl halides is 3. The number of ether oxygens (including phenoxy) is 1. The predicted molar refractivity (Wildman–Crippen MR) is 71.4 cm³/mol. The standard InChI is InChI=1S/C14H14F3NO4/c1-2-3-7-10(13(20)21)18-12(19)9-6-4-5-8-11(9)22-14(15,16)17/h2-6,8,10H,7H2,1H3,(H,18,19)(H,20,21)/b3-2+. The number of allylic oxidation sites excluding steroid dienone is 1. The number of hydrogen-bond acceptors (Lipinski definition) is 3. The molecule has 0 aliphatic carbocycles. The second-order valence-corrected chi connectivity index (χ2v) is 4.21. The molecule has 1 aromatic rings. The maximum Gasteiger partial charge on any atom is 0.573 e. The fraction of sp³-hybridized carbons (Fsp3) is 0.286. The van der Waals surface area contributed by atoms with E-state index in [9.17, 15) is 22.8 Å². The van der Waals surface area contributed by atoms with Crippen LogP contribution in [0.5, 0.6) is 5.75 Å². The van der Waals surface area contributed by atoms with Crippen molar-refractivity contribution in [1.29, 1.82) is 0 Å². The van der Waals surface area contributed by atoms with E-state index in [4.69, 9.17) is 5.11 Å². The zero-order valence-electron chi connectivity index (χ0n) is 11.6. The van der Waals surface area contributed by atoms with Gasteiger partial charge in [-0.2, -0.15) is 0 Å². The number of rotatable bonds is 6. The van der Waals surface area contributed by atoms with Crippen LogP contribution in [-0.2, 0) is 4.79 Å². The average molecular weight is 317 g/mol. The van der Waals surface area contributed by atoms with Crippen molar-refractivity contribution in [2.45, 2.75) is 25.7 Å². The highest BCUT2D eigenvalue weighted by molar-refractivity contribution is 5.98. The van der Waals surface area contributed by atoms with Crippen LogP contribution < -0.4 is 10.1 Å². The van der Waals surface area contributed by atoms with Gasteiger partial charge < -0.3 is 15.2 Å². The van der Waals surface area contributed by atoms with E-state index in [1.54, 1.807) is 13.0 Å². The van der Waals surface area contributed by atoms with Gasteiger partial charge in [-0.05, 0) is 25.5 Å². The Labute approximate surface area is 124 Å². The highest BCUT2D eigenvalue weighted by atomic mass is 19.4. The molecule has 2 N–H and O–H groups in total. The maximum absolute atomic E-state index is 12.3. The Morgan fingerprint density at radius 2 is 2.00 bits per heavy atom. The molecule has 0 saturated carbocycles. The summed E-state index contributed by atoms with van der Waals surface area (Å²) in [7, 11) is 0. The lowest BCUT2D eigenvalue weighted by atomic mass is 10.1. The third-order valence-electron chi connectivity index (χ3n) is 2.57. The molecule has 1 atom stereocenters. The minimum atomic E-state index is -4.95. The van der Waals surface area contributed by atoms with Crippen LogP contribution in [0.1, 0.15) is 23.7 Å². The van der Waals surface area contributed by atoms with Gasteiger partial charge >= 0.3 is 12.3 Å². The summed E-state index contributed by atoms with van der Waals surface area (Å²) in [6.07, 6.45) is -1.81. The molecule has 8 heteroatoms. The van der Waals surface area contributed by atoms with Gasteiger partial charge in [0, 0.05) is 0 Å². The highest BCUT2D eigenvalue weighted by Crippen LogP contribution is 2.26. The quantitative estimate of drug-likeness (QED) is 0.791. The summed E-state index contributed by atoms with van der Waals surface area (Å²) in [5.41, 5.74) is -0.397. The van der Waals surface area contributed by atoms with Crippen LogP contribution in [0.3, 0.4) is 0 Å². The summed E-state index contributed by atoms with van der Waals surface area (Å²) in [6.45, 7) is 1.67. The first-order chi connectivity index (χ1) is 10.2. The number of carboxylic acids is 1. The van der Waals surface area contributed by atoms with E-state index in [1.807, 2.05) is 0 Å². The number of para-hydroxylation sites is 1. The Balaban J connectivity index is 2.95. The zero-order chi connectivity index (χ0) is 16.8. The molecule has 0 radical (unpaired) electrons. The fourth-order valence-electron chi connectivity index (χ4n) is 1.60. The van der Waals surface area contributed by atoms with Crippen molar-refractivity contribution in [1.82, 2.24) is 5.32 Å². The summed E-state index contributed by atoms with van der Waals surface area (Å²) in [6, 6.07) is 3.46. The smallest absolute Gasteiger partial charge is 0.480 e. The number of nitrogens with one attached hydrogen (secondary N) is 1. The molecular formula is C14H14F3NO4. The first kappa shape index (κ1) is 17.5. The molecule has 1 rings (SSSR count). The molecule has 0 aliphatic rings. The van der Waals surface area contributed by atoms with Gasteiger partial charge in [-0.3, -0.25) is 4.79 Å². The van der Waals surface area contributed by atoms with E-state index in [0.717, 1.165) is 12.1 Å². The van der Waals surface area contributed by atoms with Crippen LogP contribution in [-0.4, -0.2) is 29.4 Å². The molecular weight excluding hydrogens is 303 g/mol. The molecule has 22 heavy (non-hydrogen) atoms. The van der Waals surface area contributed by atoms with Gasteiger partial charge in [0.2, 0.25) is 0 Å². The molecule has 0 saturated heterocycles. The van der Waals surface area contributed by atoms with Crippen molar-refractivity contribution in [3.63, 3.8) is 0 Å². The number of carboxylic acid groups (broad SMARTS) is 1. The van der Waals surface area contributed by atoms with E-state index in [0.29, 0.717) is 0 Å². The van der Waals surface area contributed by atoms with E-state index < -0.39 is 35.6 Å². The van der Waals surface area contributed by atoms with Crippen LogP contribution in [0.25, 0.3) is 0 Å². The number of aliphatic carboxylic acids is 1. The molecule has 0 fully saturated rings. The fourth-order valence-corrected chi connectivity index (χ4v) is 1.60. The summed E-state index contributed by atoms with van der Waals surface area (Å²) in [5, 5.41) is 11.1. The molecule has 1 amide bonds. The molecule has 120 valence electrons. The van der Waals surface area contributed by atoms with E-state index in [-0.39, 0.29) is 6.42 Å². The highest BCUT2D eigenvalue weighted by Gasteiger charge is 2.33. The number of amides is 1. The topological polar surface area (TPSA) is 75.6 Å². The van der Waals surface area contributed by atoms with Crippen LogP contribution in [0.4, 0.5) is 13.2 Å². The van der Waals surface area contributed by atoms with Crippen molar-refractivity contribution in [3.8, 4) is 5.75 Å². The van der Waals surface area contributed by atoms with Gasteiger partial charge in [-0.15, -0.1) is 13.2 Å². The summed E-state index contributed by atoms with van der Waals surface area (Å²) >= 11 is 0. The summed E-state index contributed by atoms with van der Waals surface area (Å²) in [5.74, 6) is -2.94. The zero-order valence-corrected chi connectivity index (χ0v) is 11.6. The predicted octanol–water partition coefficient (Wildman–Crippen LogP) is 2.73. The third-order valence-corrected chi connectivity index (χ3v) is 2.57. The largest absolute Gasteiger partial charge is 0.573 e. The minimum Gasteiger partial charge on any atom is -0.480 e. The number of benzene rings is 1. The summed E-state index contributed by atoms with van der Waals surface area (Å²) < 4.78 is 40.6. The normalized spacial score (nSPS) is 12.9. The van der Waals surface area contributed by atoms with Crippen molar-refractivity contribution in [3.05, 3.63) is 42.0 Å². The lowest BCUT2D eigenvalue weighted by Gasteiger charge is -2.16. The molecule has 5 nitrogen and oxygen atoms in total. The molecule has 0 spiro atoms. The van der Waals surface area contributed by atoms with Crippen molar-refractivity contribution >= 4 is 11.9 Å². The Kier molecular flexibility index (Phi) is 5.97. The maximum atomic E-state index is 12.3. The third kappa shape index (κ3) is 5.47. The Morgan fingerprint density at radius 1 is 1.36 bits per heavy atom. The minimum absolute atomic E-state index is 0.0138. The first-order valence-corrected chi connectivity index (χ1v) is 6.24. The number of hydrogen-bond donors (Lipinski definition) is 2. The number of carbonyl (C=O) groups is 2. The van der Waals surface area contributed by atoms with Gasteiger partial charge in [-0.1, -0.05) is 24.3 Å². The second-order valence-electron chi connectivity index (χ2n) is 4.21. The van der Waals surface area contributed by atoms with Crippen molar-refractivity contribution in [2.24, 2.45) is 0 Å². The average Bonchev–Trinajstić information content (AvgIpc) is 2.41. The van der Waals surface area contributed by atoms with Crippen molar-refractivity contribution in [2.75, 3.05) is 0 Å². The summed E-state index contributed by atoms with van der Waals surface area (Å²) in [4.78, 5) is 23.0. The molecule has 0 aliphatic heterocycles. The lowest BCUT2D eigenvalue weighted by Crippen LogP contribution is -2.40. The van der Waals surface area contributed by atoms with Gasteiger partial charge in [0.15, 0.2) is 0 Å². The Morgan fingerprint density at radius 3 is 2.55 bits per heavy atom. The number of halogens is 3. The van der Waals surface area contributed by atoms with Gasteiger partial charge in [0.05, 0.1) is 5.56 Å². The van der Waals surface area contributed by atoms with Crippen LogP contribution >= 0.6 is 0 Å².